The average Bonchev–Trinajstić information content (AvgIpc) is 2.48. The van der Waals surface area contributed by atoms with Crippen molar-refractivity contribution < 1.29 is 4.79 Å². The molecule has 0 saturated carbocycles. The van der Waals surface area contributed by atoms with Gasteiger partial charge in [-0.15, -0.1) is 0 Å². The van der Waals surface area contributed by atoms with Crippen LogP contribution in [0.15, 0.2) is 24.3 Å². The van der Waals surface area contributed by atoms with Gasteiger partial charge in [-0.2, -0.15) is 0 Å². The Morgan fingerprint density at radius 1 is 1.50 bits per heavy atom. The second kappa shape index (κ2) is 3.33. The summed E-state index contributed by atoms with van der Waals surface area (Å²) >= 11 is 0. The van der Waals surface area contributed by atoms with Gasteiger partial charge < -0.3 is 10.6 Å². The number of hydrogen-bond donors (Lipinski definition) is 1. The summed E-state index contributed by atoms with van der Waals surface area (Å²) in [6, 6.07) is 7.47. The number of nitrogen functional groups attached to an aromatic ring is 1. The molecular formula is C11H14N2O. The van der Waals surface area contributed by atoms with E-state index in [0.29, 0.717) is 5.69 Å². The highest BCUT2D eigenvalue weighted by molar-refractivity contribution is 5.97. The van der Waals surface area contributed by atoms with Gasteiger partial charge in [0, 0.05) is 23.8 Å². The van der Waals surface area contributed by atoms with E-state index in [0.717, 1.165) is 18.7 Å². The van der Waals surface area contributed by atoms with E-state index in [1.165, 1.54) is 0 Å². The third-order valence-corrected chi connectivity index (χ3v) is 2.66. The van der Waals surface area contributed by atoms with Crippen LogP contribution in [0.5, 0.6) is 0 Å². The fraction of sp³-hybridized carbons (Fsp3) is 0.364. The van der Waals surface area contributed by atoms with Crippen molar-refractivity contribution in [3.05, 3.63) is 24.3 Å². The Balaban J connectivity index is 2.28. The van der Waals surface area contributed by atoms with E-state index in [2.05, 4.69) is 0 Å². The first-order valence-corrected chi connectivity index (χ1v) is 4.85. The number of hydrogen-bond acceptors (Lipinski definition) is 2. The Hall–Kier alpha value is -1.51. The molecule has 14 heavy (non-hydrogen) atoms. The van der Waals surface area contributed by atoms with Gasteiger partial charge in [0.15, 0.2) is 0 Å². The van der Waals surface area contributed by atoms with Crippen molar-refractivity contribution >= 4 is 17.3 Å². The zero-order chi connectivity index (χ0) is 10.1. The maximum atomic E-state index is 11.7. The van der Waals surface area contributed by atoms with E-state index in [1.54, 1.807) is 4.90 Å². The fourth-order valence-electron chi connectivity index (χ4n) is 1.77. The Bertz CT molecular complexity index is 362. The Labute approximate surface area is 83.5 Å². The topological polar surface area (TPSA) is 46.3 Å². The minimum Gasteiger partial charge on any atom is -0.399 e. The minimum atomic E-state index is 0.149. The van der Waals surface area contributed by atoms with Crippen LogP contribution in [0.1, 0.15) is 13.3 Å². The first kappa shape index (κ1) is 9.06. The molecule has 0 aliphatic carbocycles. The van der Waals surface area contributed by atoms with Crippen LogP contribution in [0.2, 0.25) is 0 Å². The molecule has 1 atom stereocenters. The van der Waals surface area contributed by atoms with Crippen molar-refractivity contribution in [1.29, 1.82) is 0 Å². The number of rotatable bonds is 1. The zero-order valence-electron chi connectivity index (χ0n) is 8.23. The van der Waals surface area contributed by atoms with Crippen molar-refractivity contribution in [1.82, 2.24) is 0 Å². The Morgan fingerprint density at radius 2 is 2.29 bits per heavy atom. The first-order chi connectivity index (χ1) is 6.68. The Kier molecular flexibility index (Phi) is 2.15. The maximum absolute atomic E-state index is 11.7. The van der Waals surface area contributed by atoms with E-state index in [1.807, 2.05) is 31.2 Å². The summed E-state index contributed by atoms with van der Waals surface area (Å²) in [4.78, 5) is 13.5. The summed E-state index contributed by atoms with van der Waals surface area (Å²) in [5.74, 6) is 0.354. The SMILES string of the molecule is CC1CCN(c2cccc(N)c2)C1=O. The molecule has 1 aromatic carbocycles. The molecule has 0 bridgehead atoms. The van der Waals surface area contributed by atoms with E-state index < -0.39 is 0 Å². The number of nitrogens with zero attached hydrogens (tertiary/aromatic N) is 1. The number of anilines is 2. The van der Waals surface area contributed by atoms with E-state index in [4.69, 9.17) is 5.73 Å². The number of carbonyl (C=O) groups excluding carboxylic acids is 1. The number of nitrogens with two attached hydrogens (primary N) is 1. The normalized spacial score (nSPS) is 21.6. The Morgan fingerprint density at radius 3 is 2.86 bits per heavy atom. The summed E-state index contributed by atoms with van der Waals surface area (Å²) in [7, 11) is 0. The molecule has 1 unspecified atom stereocenters. The van der Waals surface area contributed by atoms with Crippen LogP contribution in [0.3, 0.4) is 0 Å². The van der Waals surface area contributed by atoms with Gasteiger partial charge in [0.1, 0.15) is 0 Å². The standard InChI is InChI=1S/C11H14N2O/c1-8-5-6-13(11(8)14)10-4-2-3-9(12)7-10/h2-4,7-8H,5-6,12H2,1H3. The third-order valence-electron chi connectivity index (χ3n) is 2.66. The minimum absolute atomic E-state index is 0.149. The summed E-state index contributed by atoms with van der Waals surface area (Å²) in [6.07, 6.45) is 0.938. The molecule has 3 nitrogen and oxygen atoms in total. The third kappa shape index (κ3) is 1.45. The van der Waals surface area contributed by atoms with Crippen LogP contribution in [0.25, 0.3) is 0 Å². The van der Waals surface area contributed by atoms with E-state index >= 15 is 0 Å². The lowest BCUT2D eigenvalue weighted by Crippen LogP contribution is -2.26. The van der Waals surface area contributed by atoms with Gasteiger partial charge in [0.2, 0.25) is 5.91 Å². The lowest BCUT2D eigenvalue weighted by atomic mass is 10.1. The molecule has 1 amide bonds. The van der Waals surface area contributed by atoms with Gasteiger partial charge in [-0.3, -0.25) is 4.79 Å². The van der Waals surface area contributed by atoms with E-state index in [-0.39, 0.29) is 11.8 Å². The van der Waals surface area contributed by atoms with Crippen molar-refractivity contribution in [2.24, 2.45) is 5.92 Å². The van der Waals surface area contributed by atoms with Crippen molar-refractivity contribution in [2.75, 3.05) is 17.2 Å². The van der Waals surface area contributed by atoms with Crippen LogP contribution in [0, 0.1) is 5.92 Å². The highest BCUT2D eigenvalue weighted by Gasteiger charge is 2.28. The maximum Gasteiger partial charge on any atom is 0.229 e. The summed E-state index contributed by atoms with van der Waals surface area (Å²) in [5, 5.41) is 0. The molecular weight excluding hydrogens is 176 g/mol. The van der Waals surface area contributed by atoms with Crippen molar-refractivity contribution in [3.8, 4) is 0 Å². The smallest absolute Gasteiger partial charge is 0.229 e. The average molecular weight is 190 g/mol. The van der Waals surface area contributed by atoms with Crippen LogP contribution in [-0.2, 0) is 4.79 Å². The lowest BCUT2D eigenvalue weighted by molar-refractivity contribution is -0.119. The van der Waals surface area contributed by atoms with Gasteiger partial charge >= 0.3 is 0 Å². The monoisotopic (exact) mass is 190 g/mol. The molecule has 0 aromatic heterocycles. The molecule has 3 heteroatoms. The quantitative estimate of drug-likeness (QED) is 0.684. The van der Waals surface area contributed by atoms with E-state index in [9.17, 15) is 4.79 Å². The second-order valence-corrected chi connectivity index (χ2v) is 3.77. The molecule has 1 aromatic rings. The highest BCUT2D eigenvalue weighted by Crippen LogP contribution is 2.25. The molecule has 2 N–H and O–H groups in total. The summed E-state index contributed by atoms with van der Waals surface area (Å²) in [6.45, 7) is 2.78. The van der Waals surface area contributed by atoms with Crippen LogP contribution in [-0.4, -0.2) is 12.5 Å². The predicted molar refractivity (Wildman–Crippen MR) is 57.0 cm³/mol. The summed E-state index contributed by atoms with van der Waals surface area (Å²) in [5.41, 5.74) is 7.29. The van der Waals surface area contributed by atoms with Gasteiger partial charge in [-0.25, -0.2) is 0 Å². The van der Waals surface area contributed by atoms with Crippen LogP contribution >= 0.6 is 0 Å². The summed E-state index contributed by atoms with van der Waals surface area (Å²) < 4.78 is 0. The highest BCUT2D eigenvalue weighted by atomic mass is 16.2. The van der Waals surface area contributed by atoms with Crippen LogP contribution in [0.4, 0.5) is 11.4 Å². The fourth-order valence-corrected chi connectivity index (χ4v) is 1.77. The first-order valence-electron chi connectivity index (χ1n) is 4.85. The molecule has 1 heterocycles. The number of amides is 1. The largest absolute Gasteiger partial charge is 0.399 e. The predicted octanol–water partition coefficient (Wildman–Crippen LogP) is 1.64. The molecule has 2 rings (SSSR count). The van der Waals surface area contributed by atoms with Crippen LogP contribution < -0.4 is 10.6 Å². The zero-order valence-corrected chi connectivity index (χ0v) is 8.23. The van der Waals surface area contributed by atoms with Gasteiger partial charge in [-0.1, -0.05) is 13.0 Å². The molecule has 1 fully saturated rings. The van der Waals surface area contributed by atoms with Gasteiger partial charge in [-0.05, 0) is 24.6 Å². The van der Waals surface area contributed by atoms with Crippen molar-refractivity contribution in [3.63, 3.8) is 0 Å². The molecule has 0 spiro atoms. The van der Waals surface area contributed by atoms with Crippen molar-refractivity contribution in [2.45, 2.75) is 13.3 Å². The number of benzene rings is 1. The molecule has 1 saturated heterocycles. The molecule has 74 valence electrons. The number of carbonyl (C=O) groups is 1. The van der Waals surface area contributed by atoms with Gasteiger partial charge in [0.25, 0.3) is 0 Å². The van der Waals surface area contributed by atoms with Gasteiger partial charge in [0.05, 0.1) is 0 Å². The molecule has 1 aliphatic rings. The molecule has 1 aliphatic heterocycles. The second-order valence-electron chi connectivity index (χ2n) is 3.77. The molecule has 0 radical (unpaired) electrons. The lowest BCUT2D eigenvalue weighted by Gasteiger charge is -2.16.